The maximum Gasteiger partial charge on any atom is 0.344 e. The second-order valence-corrected chi connectivity index (χ2v) is 6.51. The zero-order chi connectivity index (χ0) is 20.8. The summed E-state index contributed by atoms with van der Waals surface area (Å²) >= 11 is 0. The van der Waals surface area contributed by atoms with Crippen molar-refractivity contribution in [2.45, 2.75) is 19.9 Å². The first kappa shape index (κ1) is 20.1. The van der Waals surface area contributed by atoms with E-state index in [9.17, 15) is 14.4 Å². The van der Waals surface area contributed by atoms with Gasteiger partial charge in [-0.15, -0.1) is 0 Å². The number of fused-ring (bicyclic) bond motifs is 1. The first-order chi connectivity index (χ1) is 13.9. The topological polar surface area (TPSA) is 94.8 Å². The monoisotopic (exact) mass is 395 g/mol. The van der Waals surface area contributed by atoms with Gasteiger partial charge in [0.15, 0.2) is 19.0 Å². The van der Waals surface area contributed by atoms with Crippen molar-refractivity contribution in [3.63, 3.8) is 0 Å². The normalized spacial score (nSPS) is 11.7. The van der Waals surface area contributed by atoms with E-state index in [1.54, 1.807) is 31.2 Å². The Labute approximate surface area is 167 Å². The number of hydrogen-bond acceptors (Lipinski definition) is 6. The lowest BCUT2D eigenvalue weighted by Crippen LogP contribution is -2.31. The molecular weight excluding hydrogens is 374 g/mol. The number of rotatable bonds is 8. The summed E-state index contributed by atoms with van der Waals surface area (Å²) in [4.78, 5) is 35.0. The quantitative estimate of drug-likeness (QED) is 0.464. The van der Waals surface area contributed by atoms with Crippen LogP contribution in [0.15, 0.2) is 59.0 Å². The van der Waals surface area contributed by atoms with E-state index in [0.29, 0.717) is 17.1 Å². The molecule has 7 heteroatoms. The maximum absolute atomic E-state index is 12.0. The molecule has 3 aromatic rings. The van der Waals surface area contributed by atoms with E-state index in [1.807, 2.05) is 30.3 Å². The van der Waals surface area contributed by atoms with Gasteiger partial charge in [0.05, 0.1) is 6.04 Å². The van der Waals surface area contributed by atoms with Crippen LogP contribution in [0.5, 0.6) is 5.75 Å². The number of furan rings is 1. The third kappa shape index (κ3) is 5.44. The lowest BCUT2D eigenvalue weighted by Gasteiger charge is -2.12. The van der Waals surface area contributed by atoms with Crippen LogP contribution in [0.25, 0.3) is 11.0 Å². The Balaban J connectivity index is 1.42. The molecule has 0 radical (unpaired) electrons. The van der Waals surface area contributed by atoms with Gasteiger partial charge >= 0.3 is 5.97 Å². The smallest absolute Gasteiger partial charge is 0.344 e. The second-order valence-electron chi connectivity index (χ2n) is 6.51. The van der Waals surface area contributed by atoms with Crippen molar-refractivity contribution in [1.82, 2.24) is 5.32 Å². The summed E-state index contributed by atoms with van der Waals surface area (Å²) in [7, 11) is 0. The van der Waals surface area contributed by atoms with Gasteiger partial charge in [0.2, 0.25) is 0 Å². The van der Waals surface area contributed by atoms with Gasteiger partial charge < -0.3 is 19.2 Å². The number of Topliss-reactive ketones (excluding diaryl/α,β-unsaturated/α-hetero) is 1. The SMILES string of the molecule is CC(=O)c1ccc(OCC(=O)OCC(=O)N[C@H](C)c2cc3ccccc3o2)cc1. The predicted molar refractivity (Wildman–Crippen MR) is 106 cm³/mol. The fraction of sp³-hybridized carbons (Fsp3) is 0.227. The molecule has 1 atom stereocenters. The Morgan fingerprint density at radius 2 is 1.76 bits per heavy atom. The largest absolute Gasteiger partial charge is 0.482 e. The van der Waals surface area contributed by atoms with Crippen molar-refractivity contribution in [2.75, 3.05) is 13.2 Å². The number of hydrogen-bond donors (Lipinski definition) is 1. The van der Waals surface area contributed by atoms with Gasteiger partial charge in [-0.1, -0.05) is 18.2 Å². The zero-order valence-corrected chi connectivity index (χ0v) is 16.1. The number of para-hydroxylation sites is 1. The van der Waals surface area contributed by atoms with Crippen molar-refractivity contribution >= 4 is 28.6 Å². The molecule has 7 nitrogen and oxygen atoms in total. The molecule has 0 aliphatic rings. The number of nitrogens with one attached hydrogen (secondary N) is 1. The van der Waals surface area contributed by atoms with Crippen molar-refractivity contribution in [2.24, 2.45) is 0 Å². The fourth-order valence-electron chi connectivity index (χ4n) is 2.69. The second kappa shape index (κ2) is 9.05. The summed E-state index contributed by atoms with van der Waals surface area (Å²) in [6.45, 7) is 2.49. The van der Waals surface area contributed by atoms with Crippen LogP contribution in [-0.4, -0.2) is 30.9 Å². The van der Waals surface area contributed by atoms with E-state index in [2.05, 4.69) is 5.32 Å². The van der Waals surface area contributed by atoms with E-state index >= 15 is 0 Å². The van der Waals surface area contributed by atoms with E-state index in [1.165, 1.54) is 6.92 Å². The minimum Gasteiger partial charge on any atom is -0.482 e. The van der Waals surface area contributed by atoms with Crippen LogP contribution < -0.4 is 10.1 Å². The van der Waals surface area contributed by atoms with Crippen LogP contribution in [0.3, 0.4) is 0 Å². The summed E-state index contributed by atoms with van der Waals surface area (Å²) in [5.41, 5.74) is 1.29. The first-order valence-electron chi connectivity index (χ1n) is 9.09. The summed E-state index contributed by atoms with van der Waals surface area (Å²) in [5, 5.41) is 3.67. The Morgan fingerprint density at radius 3 is 2.45 bits per heavy atom. The molecule has 1 N–H and O–H groups in total. The summed E-state index contributed by atoms with van der Waals surface area (Å²) < 4.78 is 15.9. The maximum atomic E-state index is 12.0. The lowest BCUT2D eigenvalue weighted by molar-refractivity contribution is -0.150. The van der Waals surface area contributed by atoms with Crippen molar-refractivity contribution in [1.29, 1.82) is 0 Å². The molecular formula is C22H21NO6. The summed E-state index contributed by atoms with van der Waals surface area (Å²) in [6, 6.07) is 15.4. The van der Waals surface area contributed by atoms with Gasteiger partial charge in [-0.3, -0.25) is 9.59 Å². The minimum absolute atomic E-state index is 0.0566. The zero-order valence-electron chi connectivity index (χ0n) is 16.1. The van der Waals surface area contributed by atoms with Gasteiger partial charge in [0.25, 0.3) is 5.91 Å². The molecule has 0 spiro atoms. The van der Waals surface area contributed by atoms with Crippen molar-refractivity contribution < 1.29 is 28.3 Å². The van der Waals surface area contributed by atoms with Gasteiger partial charge in [-0.25, -0.2) is 4.79 Å². The first-order valence-corrected chi connectivity index (χ1v) is 9.09. The number of ketones is 1. The van der Waals surface area contributed by atoms with Gasteiger partial charge in [-0.2, -0.15) is 0 Å². The molecule has 1 amide bonds. The molecule has 1 heterocycles. The molecule has 0 aliphatic heterocycles. The molecule has 0 fully saturated rings. The third-order valence-electron chi connectivity index (χ3n) is 4.23. The lowest BCUT2D eigenvalue weighted by atomic mass is 10.1. The highest BCUT2D eigenvalue weighted by Crippen LogP contribution is 2.23. The Hall–Kier alpha value is -3.61. The standard InChI is InChI=1S/C22H21NO6/c1-14(20-11-17-5-3-4-6-19(17)29-20)23-21(25)12-28-22(26)13-27-18-9-7-16(8-10-18)15(2)24/h3-11,14H,12-13H2,1-2H3,(H,23,25)/t14-/m1/s1. The van der Waals surface area contributed by atoms with Crippen molar-refractivity contribution in [3.05, 3.63) is 65.9 Å². The van der Waals surface area contributed by atoms with Crippen LogP contribution in [0, 0.1) is 0 Å². The Bertz CT molecular complexity index is 988. The number of esters is 1. The summed E-state index contributed by atoms with van der Waals surface area (Å²) in [5.74, 6) is -0.138. The fourth-order valence-corrected chi connectivity index (χ4v) is 2.69. The molecule has 0 saturated heterocycles. The van der Waals surface area contributed by atoms with E-state index in [0.717, 1.165) is 11.0 Å². The Morgan fingerprint density at radius 1 is 1.03 bits per heavy atom. The highest BCUT2D eigenvalue weighted by atomic mass is 16.6. The highest BCUT2D eigenvalue weighted by molar-refractivity contribution is 5.94. The molecule has 3 rings (SSSR count). The molecule has 0 saturated carbocycles. The minimum atomic E-state index is -0.674. The number of amides is 1. The number of carbonyl (C=O) groups is 3. The predicted octanol–water partition coefficient (Wildman–Crippen LogP) is 3.43. The number of benzene rings is 2. The van der Waals surface area contributed by atoms with Crippen LogP contribution >= 0.6 is 0 Å². The number of carbonyl (C=O) groups excluding carboxylic acids is 3. The number of ether oxygens (including phenoxy) is 2. The average molecular weight is 395 g/mol. The molecule has 0 aliphatic carbocycles. The average Bonchev–Trinajstić information content (AvgIpc) is 3.15. The van der Waals surface area contributed by atoms with Crippen LogP contribution in [0.1, 0.15) is 36.0 Å². The van der Waals surface area contributed by atoms with Crippen LogP contribution in [0.4, 0.5) is 0 Å². The van der Waals surface area contributed by atoms with Gasteiger partial charge in [0.1, 0.15) is 17.1 Å². The van der Waals surface area contributed by atoms with Gasteiger partial charge in [0, 0.05) is 10.9 Å². The molecule has 29 heavy (non-hydrogen) atoms. The van der Waals surface area contributed by atoms with Gasteiger partial charge in [-0.05, 0) is 50.2 Å². The van der Waals surface area contributed by atoms with E-state index in [4.69, 9.17) is 13.9 Å². The molecule has 0 unspecified atom stereocenters. The van der Waals surface area contributed by atoms with Crippen LogP contribution in [-0.2, 0) is 14.3 Å². The Kier molecular flexibility index (Phi) is 6.29. The highest BCUT2D eigenvalue weighted by Gasteiger charge is 2.15. The van der Waals surface area contributed by atoms with Crippen molar-refractivity contribution in [3.8, 4) is 5.75 Å². The third-order valence-corrected chi connectivity index (χ3v) is 4.23. The molecule has 150 valence electrons. The molecule has 0 bridgehead atoms. The summed E-state index contributed by atoms with van der Waals surface area (Å²) in [6.07, 6.45) is 0. The van der Waals surface area contributed by atoms with Crippen LogP contribution in [0.2, 0.25) is 0 Å². The van der Waals surface area contributed by atoms with E-state index in [-0.39, 0.29) is 18.4 Å². The molecule has 1 aromatic heterocycles. The van der Waals surface area contributed by atoms with E-state index < -0.39 is 18.5 Å². The molecule has 2 aromatic carbocycles.